The molecule has 1 atom stereocenters. The highest BCUT2D eigenvalue weighted by Gasteiger charge is 2.30. The van der Waals surface area contributed by atoms with E-state index in [1.54, 1.807) is 13.8 Å². The Morgan fingerprint density at radius 3 is 2.83 bits per heavy atom. The third-order valence-electron chi connectivity index (χ3n) is 1.64. The van der Waals surface area contributed by atoms with Gasteiger partial charge in [0.25, 0.3) is 5.91 Å². The number of thiocarbonyl (C=S) groups is 1. The third kappa shape index (κ3) is 1.56. The number of hydrogen-bond acceptors (Lipinski definition) is 2. The second-order valence-electron chi connectivity index (χ2n) is 2.52. The summed E-state index contributed by atoms with van der Waals surface area (Å²) in [6.07, 6.45) is 0. The Hall–Kier alpha value is -1.08. The summed E-state index contributed by atoms with van der Waals surface area (Å²) in [6.45, 7) is 3.92. The first-order valence-corrected chi connectivity index (χ1v) is 4.09. The fourth-order valence-corrected chi connectivity index (χ4v) is 1.30. The molecular weight excluding hydrogens is 172 g/mol. The average molecular weight is 182 g/mol. The SMILES string of the molecule is CC#CCN1C(=O)C(C)NC1=S. The van der Waals surface area contributed by atoms with E-state index >= 15 is 0 Å². The van der Waals surface area contributed by atoms with E-state index in [1.165, 1.54) is 4.90 Å². The molecule has 1 amide bonds. The number of amides is 1. The lowest BCUT2D eigenvalue weighted by Crippen LogP contribution is -2.31. The lowest BCUT2D eigenvalue weighted by atomic mass is 10.3. The van der Waals surface area contributed by atoms with Gasteiger partial charge in [-0.2, -0.15) is 0 Å². The minimum atomic E-state index is -0.198. The van der Waals surface area contributed by atoms with Gasteiger partial charge >= 0.3 is 0 Å². The van der Waals surface area contributed by atoms with Crippen LogP contribution in [0.2, 0.25) is 0 Å². The number of carbonyl (C=O) groups is 1. The predicted octanol–water partition coefficient (Wildman–Crippen LogP) is 0.115. The van der Waals surface area contributed by atoms with Crippen molar-refractivity contribution in [3.05, 3.63) is 0 Å². The van der Waals surface area contributed by atoms with Crippen LogP contribution in [0.5, 0.6) is 0 Å². The summed E-state index contributed by atoms with van der Waals surface area (Å²) in [5.41, 5.74) is 0. The molecule has 1 aliphatic rings. The van der Waals surface area contributed by atoms with Crippen molar-refractivity contribution in [3.63, 3.8) is 0 Å². The van der Waals surface area contributed by atoms with Gasteiger partial charge in [0.15, 0.2) is 5.11 Å². The van der Waals surface area contributed by atoms with Crippen molar-refractivity contribution in [1.82, 2.24) is 10.2 Å². The zero-order chi connectivity index (χ0) is 9.14. The summed E-state index contributed by atoms with van der Waals surface area (Å²) in [4.78, 5) is 12.8. The molecular formula is C8H10N2OS. The highest BCUT2D eigenvalue weighted by Crippen LogP contribution is 2.04. The predicted molar refractivity (Wildman–Crippen MR) is 50.4 cm³/mol. The van der Waals surface area contributed by atoms with E-state index in [-0.39, 0.29) is 11.9 Å². The third-order valence-corrected chi connectivity index (χ3v) is 1.97. The van der Waals surface area contributed by atoms with Crippen molar-refractivity contribution < 1.29 is 4.79 Å². The van der Waals surface area contributed by atoms with Crippen molar-refractivity contribution in [3.8, 4) is 11.8 Å². The minimum Gasteiger partial charge on any atom is -0.351 e. The van der Waals surface area contributed by atoms with Gasteiger partial charge in [-0.25, -0.2) is 0 Å². The number of rotatable bonds is 1. The molecule has 0 aromatic rings. The molecule has 0 aromatic carbocycles. The summed E-state index contributed by atoms with van der Waals surface area (Å²) in [6, 6.07) is -0.198. The fraction of sp³-hybridized carbons (Fsp3) is 0.500. The van der Waals surface area contributed by atoms with Gasteiger partial charge in [0.05, 0.1) is 6.54 Å². The molecule has 3 nitrogen and oxygen atoms in total. The topological polar surface area (TPSA) is 32.3 Å². The number of carbonyl (C=O) groups excluding carboxylic acids is 1. The van der Waals surface area contributed by atoms with E-state index in [1.807, 2.05) is 0 Å². The molecule has 1 fully saturated rings. The second-order valence-corrected chi connectivity index (χ2v) is 2.91. The van der Waals surface area contributed by atoms with E-state index < -0.39 is 0 Å². The highest BCUT2D eigenvalue weighted by molar-refractivity contribution is 7.80. The zero-order valence-electron chi connectivity index (χ0n) is 7.05. The first-order valence-electron chi connectivity index (χ1n) is 3.68. The Balaban J connectivity index is 2.68. The van der Waals surface area contributed by atoms with Crippen molar-refractivity contribution in [2.75, 3.05) is 6.54 Å². The van der Waals surface area contributed by atoms with Gasteiger partial charge in [0.2, 0.25) is 0 Å². The van der Waals surface area contributed by atoms with Crippen LogP contribution in [-0.2, 0) is 4.79 Å². The van der Waals surface area contributed by atoms with Crippen LogP contribution >= 0.6 is 12.2 Å². The van der Waals surface area contributed by atoms with Crippen molar-refractivity contribution in [2.24, 2.45) is 0 Å². The Kier molecular flexibility index (Phi) is 2.66. The smallest absolute Gasteiger partial charge is 0.251 e. The van der Waals surface area contributed by atoms with Gasteiger partial charge in [-0.3, -0.25) is 9.69 Å². The molecule has 64 valence electrons. The molecule has 1 unspecified atom stereocenters. The van der Waals surface area contributed by atoms with E-state index in [0.29, 0.717) is 11.7 Å². The Morgan fingerprint density at radius 1 is 1.75 bits per heavy atom. The zero-order valence-corrected chi connectivity index (χ0v) is 7.86. The van der Waals surface area contributed by atoms with E-state index in [4.69, 9.17) is 12.2 Å². The Bertz CT molecular complexity index is 277. The first kappa shape index (κ1) is 9.01. The molecule has 0 saturated carbocycles. The molecule has 0 aliphatic carbocycles. The summed E-state index contributed by atoms with van der Waals surface area (Å²) in [5.74, 6) is 5.52. The average Bonchev–Trinajstić information content (AvgIpc) is 2.25. The molecule has 0 radical (unpaired) electrons. The summed E-state index contributed by atoms with van der Waals surface area (Å²) >= 11 is 4.93. The van der Waals surface area contributed by atoms with Crippen LogP contribution in [0.3, 0.4) is 0 Å². The summed E-state index contributed by atoms with van der Waals surface area (Å²) in [7, 11) is 0. The molecule has 1 rings (SSSR count). The van der Waals surface area contributed by atoms with Crippen LogP contribution in [0.15, 0.2) is 0 Å². The minimum absolute atomic E-state index is 0.00255. The molecule has 1 aliphatic heterocycles. The van der Waals surface area contributed by atoms with Crippen LogP contribution in [0.1, 0.15) is 13.8 Å². The molecule has 1 saturated heterocycles. The Labute approximate surface area is 77.1 Å². The number of nitrogens with zero attached hydrogens (tertiary/aromatic N) is 1. The lowest BCUT2D eigenvalue weighted by Gasteiger charge is -2.09. The van der Waals surface area contributed by atoms with Crippen LogP contribution in [0.25, 0.3) is 0 Å². The van der Waals surface area contributed by atoms with Crippen LogP contribution in [0, 0.1) is 11.8 Å². The molecule has 12 heavy (non-hydrogen) atoms. The summed E-state index contributed by atoms with van der Waals surface area (Å²) in [5, 5.41) is 3.35. The molecule has 1 heterocycles. The van der Waals surface area contributed by atoms with E-state index in [9.17, 15) is 4.79 Å². The molecule has 0 bridgehead atoms. The van der Waals surface area contributed by atoms with Gasteiger partial charge in [0, 0.05) is 0 Å². The Morgan fingerprint density at radius 2 is 2.42 bits per heavy atom. The molecule has 0 aromatic heterocycles. The molecule has 0 spiro atoms. The van der Waals surface area contributed by atoms with Crippen molar-refractivity contribution in [2.45, 2.75) is 19.9 Å². The van der Waals surface area contributed by atoms with Gasteiger partial charge < -0.3 is 5.32 Å². The van der Waals surface area contributed by atoms with E-state index in [2.05, 4.69) is 17.2 Å². The maximum absolute atomic E-state index is 11.3. The van der Waals surface area contributed by atoms with Crippen molar-refractivity contribution in [1.29, 1.82) is 0 Å². The fourth-order valence-electron chi connectivity index (χ4n) is 0.967. The van der Waals surface area contributed by atoms with Crippen LogP contribution in [0.4, 0.5) is 0 Å². The quantitative estimate of drug-likeness (QED) is 0.461. The van der Waals surface area contributed by atoms with Gasteiger partial charge in [-0.1, -0.05) is 5.92 Å². The van der Waals surface area contributed by atoms with E-state index in [0.717, 1.165) is 0 Å². The number of nitrogens with one attached hydrogen (secondary N) is 1. The maximum atomic E-state index is 11.3. The number of hydrogen-bond donors (Lipinski definition) is 1. The standard InChI is InChI=1S/C8H10N2OS/c1-3-4-5-10-7(11)6(2)9-8(10)12/h6H,5H2,1-2H3,(H,9,12). The van der Waals surface area contributed by atoms with Gasteiger partial charge in [-0.05, 0) is 26.1 Å². The van der Waals surface area contributed by atoms with Gasteiger partial charge in [-0.15, -0.1) is 5.92 Å². The molecule has 4 heteroatoms. The van der Waals surface area contributed by atoms with Crippen LogP contribution in [-0.4, -0.2) is 28.5 Å². The lowest BCUT2D eigenvalue weighted by molar-refractivity contribution is -0.126. The van der Waals surface area contributed by atoms with Gasteiger partial charge in [0.1, 0.15) is 6.04 Å². The highest BCUT2D eigenvalue weighted by atomic mass is 32.1. The monoisotopic (exact) mass is 182 g/mol. The normalized spacial score (nSPS) is 21.8. The second kappa shape index (κ2) is 3.55. The van der Waals surface area contributed by atoms with Crippen molar-refractivity contribution >= 4 is 23.2 Å². The summed E-state index contributed by atoms with van der Waals surface area (Å²) < 4.78 is 0. The van der Waals surface area contributed by atoms with Crippen LogP contribution < -0.4 is 5.32 Å². The first-order chi connectivity index (χ1) is 5.66. The molecule has 1 N–H and O–H groups in total. The largest absolute Gasteiger partial charge is 0.351 e. The maximum Gasteiger partial charge on any atom is 0.251 e.